The normalized spacial score (nSPS) is 16.9. The number of rotatable bonds is 2. The number of pyridine rings is 1. The van der Waals surface area contributed by atoms with Crippen molar-refractivity contribution in [2.45, 2.75) is 25.8 Å². The molecule has 0 atom stereocenters. The Morgan fingerprint density at radius 2 is 2.18 bits per heavy atom. The lowest BCUT2D eigenvalue weighted by molar-refractivity contribution is 0.193. The van der Waals surface area contributed by atoms with Crippen molar-refractivity contribution in [1.29, 1.82) is 0 Å². The first-order valence-electron chi connectivity index (χ1n) is 5.89. The van der Waals surface area contributed by atoms with Gasteiger partial charge < -0.3 is 16.0 Å². The molecule has 0 bridgehead atoms. The molecule has 0 aliphatic carbocycles. The largest absolute Gasteiger partial charge is 0.381 e. The van der Waals surface area contributed by atoms with Gasteiger partial charge in [-0.1, -0.05) is 0 Å². The predicted octanol–water partition coefficient (Wildman–Crippen LogP) is 1.35. The van der Waals surface area contributed by atoms with Crippen molar-refractivity contribution < 1.29 is 4.79 Å². The molecule has 2 amide bonds. The first-order chi connectivity index (χ1) is 8.15. The summed E-state index contributed by atoms with van der Waals surface area (Å²) >= 11 is 0. The number of carbonyl (C=O) groups is 1. The van der Waals surface area contributed by atoms with Gasteiger partial charge in [0, 0.05) is 24.8 Å². The van der Waals surface area contributed by atoms with Crippen LogP contribution < -0.4 is 11.1 Å². The number of hydrogen-bond acceptors (Lipinski definition) is 3. The van der Waals surface area contributed by atoms with Gasteiger partial charge in [0.1, 0.15) is 0 Å². The minimum absolute atomic E-state index is 0.319. The van der Waals surface area contributed by atoms with E-state index in [1.807, 2.05) is 25.3 Å². The first-order valence-corrected chi connectivity index (χ1v) is 5.89. The van der Waals surface area contributed by atoms with Crippen LogP contribution in [0.1, 0.15) is 18.5 Å². The molecule has 5 heteroatoms. The number of nitrogens with zero attached hydrogens (tertiary/aromatic N) is 2. The number of nitrogens with two attached hydrogens (primary N) is 1. The Labute approximate surface area is 101 Å². The minimum atomic E-state index is -0.319. The number of aryl methyl sites for hydroxylation is 1. The number of piperidine rings is 1. The average Bonchev–Trinajstić information content (AvgIpc) is 2.33. The van der Waals surface area contributed by atoms with E-state index in [1.165, 1.54) is 0 Å². The molecule has 0 aromatic carbocycles. The van der Waals surface area contributed by atoms with Crippen LogP contribution >= 0.6 is 0 Å². The van der Waals surface area contributed by atoms with Crippen LogP contribution in [0.5, 0.6) is 0 Å². The summed E-state index contributed by atoms with van der Waals surface area (Å²) in [7, 11) is 0. The van der Waals surface area contributed by atoms with Gasteiger partial charge in [0.25, 0.3) is 0 Å². The number of aromatic nitrogens is 1. The topological polar surface area (TPSA) is 71.2 Å². The fourth-order valence-corrected chi connectivity index (χ4v) is 2.03. The van der Waals surface area contributed by atoms with E-state index in [-0.39, 0.29) is 6.03 Å². The molecule has 1 aromatic heterocycles. The van der Waals surface area contributed by atoms with Crippen molar-refractivity contribution in [1.82, 2.24) is 9.88 Å². The number of amides is 2. The van der Waals surface area contributed by atoms with Crippen LogP contribution in [0.2, 0.25) is 0 Å². The van der Waals surface area contributed by atoms with Gasteiger partial charge >= 0.3 is 6.03 Å². The number of urea groups is 1. The van der Waals surface area contributed by atoms with Crippen LogP contribution in [0, 0.1) is 6.92 Å². The molecule has 1 aromatic rings. The quantitative estimate of drug-likeness (QED) is 0.811. The maximum atomic E-state index is 11.0. The summed E-state index contributed by atoms with van der Waals surface area (Å²) < 4.78 is 0. The van der Waals surface area contributed by atoms with Crippen molar-refractivity contribution in [3.63, 3.8) is 0 Å². The molecule has 2 rings (SSSR count). The molecule has 3 N–H and O–H groups in total. The Kier molecular flexibility index (Phi) is 3.46. The molecule has 5 nitrogen and oxygen atoms in total. The molecule has 1 saturated heterocycles. The summed E-state index contributed by atoms with van der Waals surface area (Å²) in [5, 5.41) is 3.43. The monoisotopic (exact) mass is 234 g/mol. The highest BCUT2D eigenvalue weighted by Gasteiger charge is 2.20. The summed E-state index contributed by atoms with van der Waals surface area (Å²) in [4.78, 5) is 16.9. The highest BCUT2D eigenvalue weighted by atomic mass is 16.2. The molecule has 1 aliphatic rings. The average molecular weight is 234 g/mol. The van der Waals surface area contributed by atoms with E-state index in [9.17, 15) is 4.79 Å². The Bertz CT molecular complexity index is 382. The molecule has 0 saturated carbocycles. The zero-order chi connectivity index (χ0) is 12.3. The number of nitrogens with one attached hydrogen (secondary N) is 1. The lowest BCUT2D eigenvalue weighted by Crippen LogP contribution is -2.44. The highest BCUT2D eigenvalue weighted by Crippen LogP contribution is 2.15. The van der Waals surface area contributed by atoms with Gasteiger partial charge in [0.15, 0.2) is 0 Å². The SMILES string of the molecule is Cc1ccc(NC2CCN(C(N)=O)CC2)cn1. The summed E-state index contributed by atoms with van der Waals surface area (Å²) in [5.41, 5.74) is 7.29. The summed E-state index contributed by atoms with van der Waals surface area (Å²) in [6.07, 6.45) is 3.70. The van der Waals surface area contributed by atoms with Gasteiger partial charge in [-0.3, -0.25) is 4.98 Å². The molecule has 1 fully saturated rings. The first kappa shape index (κ1) is 11.7. The van der Waals surface area contributed by atoms with Crippen LogP contribution in [0.25, 0.3) is 0 Å². The van der Waals surface area contributed by atoms with Crippen molar-refractivity contribution >= 4 is 11.7 Å². The van der Waals surface area contributed by atoms with Gasteiger partial charge in [-0.2, -0.15) is 0 Å². The molecule has 0 radical (unpaired) electrons. The van der Waals surface area contributed by atoms with E-state index in [0.717, 1.165) is 37.3 Å². The molecule has 17 heavy (non-hydrogen) atoms. The number of hydrogen-bond donors (Lipinski definition) is 2. The summed E-state index contributed by atoms with van der Waals surface area (Å²) in [5.74, 6) is 0. The predicted molar refractivity (Wildman–Crippen MR) is 66.8 cm³/mol. The number of carbonyl (C=O) groups excluding carboxylic acids is 1. The Hall–Kier alpha value is -1.78. The van der Waals surface area contributed by atoms with E-state index in [1.54, 1.807) is 4.90 Å². The lowest BCUT2D eigenvalue weighted by Gasteiger charge is -2.31. The van der Waals surface area contributed by atoms with Gasteiger partial charge in [0.2, 0.25) is 0 Å². The van der Waals surface area contributed by atoms with E-state index >= 15 is 0 Å². The van der Waals surface area contributed by atoms with E-state index < -0.39 is 0 Å². The van der Waals surface area contributed by atoms with E-state index in [0.29, 0.717) is 6.04 Å². The van der Waals surface area contributed by atoms with Gasteiger partial charge in [-0.15, -0.1) is 0 Å². The second-order valence-corrected chi connectivity index (χ2v) is 4.43. The fourth-order valence-electron chi connectivity index (χ4n) is 2.03. The molecule has 92 valence electrons. The lowest BCUT2D eigenvalue weighted by atomic mass is 10.1. The number of likely N-dealkylation sites (tertiary alicyclic amines) is 1. The highest BCUT2D eigenvalue weighted by molar-refractivity contribution is 5.72. The smallest absolute Gasteiger partial charge is 0.314 e. The zero-order valence-corrected chi connectivity index (χ0v) is 10.0. The molecule has 2 heterocycles. The summed E-state index contributed by atoms with van der Waals surface area (Å²) in [6, 6.07) is 4.10. The maximum absolute atomic E-state index is 11.0. The zero-order valence-electron chi connectivity index (χ0n) is 10.0. The minimum Gasteiger partial charge on any atom is -0.381 e. The third kappa shape index (κ3) is 3.09. The maximum Gasteiger partial charge on any atom is 0.314 e. The molecular weight excluding hydrogens is 216 g/mol. The van der Waals surface area contributed by atoms with Crippen molar-refractivity contribution in [3.05, 3.63) is 24.0 Å². The second kappa shape index (κ2) is 5.03. The number of primary amides is 1. The standard InChI is InChI=1S/C12H18N4O/c1-9-2-3-11(8-14-9)15-10-4-6-16(7-5-10)12(13)17/h2-3,8,10,15H,4-7H2,1H3,(H2,13,17). The van der Waals surface area contributed by atoms with Gasteiger partial charge in [0.05, 0.1) is 11.9 Å². The van der Waals surface area contributed by atoms with Crippen LogP contribution in [0.4, 0.5) is 10.5 Å². The fraction of sp³-hybridized carbons (Fsp3) is 0.500. The summed E-state index contributed by atoms with van der Waals surface area (Å²) in [6.45, 7) is 3.42. The van der Waals surface area contributed by atoms with Crippen LogP contribution in [0.3, 0.4) is 0 Å². The molecule has 1 aliphatic heterocycles. The van der Waals surface area contributed by atoms with Crippen LogP contribution in [-0.2, 0) is 0 Å². The van der Waals surface area contributed by atoms with Crippen LogP contribution in [0.15, 0.2) is 18.3 Å². The van der Waals surface area contributed by atoms with Crippen molar-refractivity contribution in [3.8, 4) is 0 Å². The van der Waals surface area contributed by atoms with Crippen molar-refractivity contribution in [2.75, 3.05) is 18.4 Å². The molecule has 0 spiro atoms. The third-order valence-electron chi connectivity index (χ3n) is 3.09. The van der Waals surface area contributed by atoms with E-state index in [4.69, 9.17) is 5.73 Å². The second-order valence-electron chi connectivity index (χ2n) is 4.43. The third-order valence-corrected chi connectivity index (χ3v) is 3.09. The van der Waals surface area contributed by atoms with Gasteiger partial charge in [-0.25, -0.2) is 4.79 Å². The van der Waals surface area contributed by atoms with Crippen LogP contribution in [-0.4, -0.2) is 35.0 Å². The Morgan fingerprint density at radius 1 is 1.47 bits per heavy atom. The Balaban J connectivity index is 1.85. The van der Waals surface area contributed by atoms with E-state index in [2.05, 4.69) is 10.3 Å². The van der Waals surface area contributed by atoms with Gasteiger partial charge in [-0.05, 0) is 31.9 Å². The molecule has 0 unspecified atom stereocenters. The number of anilines is 1. The Morgan fingerprint density at radius 3 is 2.71 bits per heavy atom. The van der Waals surface area contributed by atoms with Crippen molar-refractivity contribution in [2.24, 2.45) is 5.73 Å². The molecular formula is C12H18N4O.